The lowest BCUT2D eigenvalue weighted by Gasteiger charge is -2.10. The maximum Gasteiger partial charge on any atom is 0.236 e. The fourth-order valence-electron chi connectivity index (χ4n) is 1.68. The van der Waals surface area contributed by atoms with Crippen LogP contribution in [0.3, 0.4) is 0 Å². The first-order valence-electron chi connectivity index (χ1n) is 6.14. The Morgan fingerprint density at radius 2 is 2.33 bits per heavy atom. The minimum atomic E-state index is -0.363. The topological polar surface area (TPSA) is 72.9 Å². The summed E-state index contributed by atoms with van der Waals surface area (Å²) in [6.45, 7) is 2.70. The van der Waals surface area contributed by atoms with E-state index in [1.807, 2.05) is 26.4 Å². The summed E-state index contributed by atoms with van der Waals surface area (Å²) in [7, 11) is 1.90. The highest BCUT2D eigenvalue weighted by atomic mass is 35.5. The largest absolute Gasteiger partial charge is 0.355 e. The van der Waals surface area contributed by atoms with Gasteiger partial charge in [0.1, 0.15) is 0 Å². The molecule has 3 N–H and O–H groups in total. The molecule has 104 valence electrons. The van der Waals surface area contributed by atoms with Crippen LogP contribution in [0, 0.1) is 0 Å². The van der Waals surface area contributed by atoms with Crippen molar-refractivity contribution in [3.05, 3.63) is 18.0 Å². The van der Waals surface area contributed by atoms with Crippen LogP contribution in [0.15, 0.2) is 12.4 Å². The van der Waals surface area contributed by atoms with Gasteiger partial charge < -0.3 is 11.1 Å². The number of hydrogen-bond donors (Lipinski definition) is 2. The molecule has 0 saturated heterocycles. The van der Waals surface area contributed by atoms with E-state index in [-0.39, 0.29) is 24.4 Å². The standard InChI is InChI=1S/C12H22N4O.ClH/c1-3-5-11(13)12(17)14-7-4-6-10-8-15-16(2)9-10;/h8-9,11H,3-7,13H2,1-2H3,(H,14,17);1H. The lowest BCUT2D eigenvalue weighted by molar-refractivity contribution is -0.122. The monoisotopic (exact) mass is 274 g/mol. The summed E-state index contributed by atoms with van der Waals surface area (Å²) in [4.78, 5) is 11.5. The van der Waals surface area contributed by atoms with Gasteiger partial charge in [-0.3, -0.25) is 9.48 Å². The minimum absolute atomic E-state index is 0. The summed E-state index contributed by atoms with van der Waals surface area (Å²) in [5.74, 6) is -0.0435. The van der Waals surface area contributed by atoms with Crippen molar-refractivity contribution in [1.29, 1.82) is 0 Å². The molecule has 0 radical (unpaired) electrons. The Bertz CT molecular complexity index is 354. The summed E-state index contributed by atoms with van der Waals surface area (Å²) in [5, 5.41) is 6.95. The predicted molar refractivity (Wildman–Crippen MR) is 74.7 cm³/mol. The van der Waals surface area contributed by atoms with Gasteiger partial charge in [0.2, 0.25) is 5.91 Å². The average molecular weight is 275 g/mol. The van der Waals surface area contributed by atoms with Crippen molar-refractivity contribution in [2.24, 2.45) is 12.8 Å². The predicted octanol–water partition coefficient (Wildman–Crippen LogP) is 1.02. The van der Waals surface area contributed by atoms with Gasteiger partial charge in [-0.25, -0.2) is 0 Å². The van der Waals surface area contributed by atoms with E-state index in [2.05, 4.69) is 10.4 Å². The highest BCUT2D eigenvalue weighted by Crippen LogP contribution is 2.00. The van der Waals surface area contributed by atoms with E-state index in [9.17, 15) is 4.79 Å². The van der Waals surface area contributed by atoms with Gasteiger partial charge >= 0.3 is 0 Å². The first-order chi connectivity index (χ1) is 8.13. The van der Waals surface area contributed by atoms with E-state index in [0.29, 0.717) is 6.54 Å². The van der Waals surface area contributed by atoms with Crippen LogP contribution in [0.1, 0.15) is 31.7 Å². The van der Waals surface area contributed by atoms with Crippen molar-refractivity contribution in [2.45, 2.75) is 38.6 Å². The molecule has 0 aliphatic rings. The molecule has 5 nitrogen and oxygen atoms in total. The SMILES string of the molecule is CCCC(N)C(=O)NCCCc1cnn(C)c1.Cl. The van der Waals surface area contributed by atoms with Crippen LogP contribution in [-0.4, -0.2) is 28.3 Å². The molecule has 0 bridgehead atoms. The van der Waals surface area contributed by atoms with Crippen molar-refractivity contribution in [2.75, 3.05) is 6.54 Å². The molecule has 0 saturated carbocycles. The van der Waals surface area contributed by atoms with E-state index in [4.69, 9.17) is 5.73 Å². The maximum absolute atomic E-state index is 11.5. The third-order valence-corrected chi connectivity index (χ3v) is 2.64. The number of rotatable bonds is 7. The number of carbonyl (C=O) groups is 1. The zero-order chi connectivity index (χ0) is 12.7. The number of aryl methyl sites for hydroxylation is 2. The smallest absolute Gasteiger partial charge is 0.236 e. The van der Waals surface area contributed by atoms with Gasteiger partial charge in [-0.2, -0.15) is 5.10 Å². The van der Waals surface area contributed by atoms with Crippen LogP contribution in [-0.2, 0) is 18.3 Å². The molecule has 1 amide bonds. The van der Waals surface area contributed by atoms with Crippen molar-refractivity contribution >= 4 is 18.3 Å². The van der Waals surface area contributed by atoms with E-state index in [1.165, 1.54) is 5.56 Å². The van der Waals surface area contributed by atoms with Gasteiger partial charge in [0.25, 0.3) is 0 Å². The Balaban J connectivity index is 0.00000289. The van der Waals surface area contributed by atoms with Crippen molar-refractivity contribution < 1.29 is 4.79 Å². The quantitative estimate of drug-likeness (QED) is 0.729. The summed E-state index contributed by atoms with van der Waals surface area (Å²) in [6.07, 6.45) is 7.36. The van der Waals surface area contributed by atoms with Crippen LogP contribution in [0.4, 0.5) is 0 Å². The average Bonchev–Trinajstić information content (AvgIpc) is 2.70. The van der Waals surface area contributed by atoms with Crippen LogP contribution in [0.5, 0.6) is 0 Å². The molecule has 6 heteroatoms. The van der Waals surface area contributed by atoms with Crippen LogP contribution < -0.4 is 11.1 Å². The Hall–Kier alpha value is -1.07. The van der Waals surface area contributed by atoms with Crippen LogP contribution in [0.2, 0.25) is 0 Å². The van der Waals surface area contributed by atoms with E-state index in [0.717, 1.165) is 25.7 Å². The van der Waals surface area contributed by atoms with Crippen molar-refractivity contribution in [3.8, 4) is 0 Å². The third kappa shape index (κ3) is 6.02. The fourth-order valence-corrected chi connectivity index (χ4v) is 1.68. The molecular weight excluding hydrogens is 252 g/mol. The number of halogens is 1. The van der Waals surface area contributed by atoms with Crippen molar-refractivity contribution in [3.63, 3.8) is 0 Å². The zero-order valence-corrected chi connectivity index (χ0v) is 11.9. The van der Waals surface area contributed by atoms with E-state index >= 15 is 0 Å². The highest BCUT2D eigenvalue weighted by Gasteiger charge is 2.10. The van der Waals surface area contributed by atoms with Gasteiger partial charge in [-0.15, -0.1) is 12.4 Å². The first kappa shape index (κ1) is 16.9. The number of aromatic nitrogens is 2. The Kier molecular flexibility index (Phi) is 8.41. The number of amides is 1. The number of carbonyl (C=O) groups excluding carboxylic acids is 1. The second kappa shape index (κ2) is 8.94. The summed E-state index contributed by atoms with van der Waals surface area (Å²) >= 11 is 0. The number of nitrogens with two attached hydrogens (primary N) is 1. The second-order valence-corrected chi connectivity index (χ2v) is 4.31. The van der Waals surface area contributed by atoms with Gasteiger partial charge in [0.15, 0.2) is 0 Å². The summed E-state index contributed by atoms with van der Waals surface area (Å²) < 4.78 is 1.78. The third-order valence-electron chi connectivity index (χ3n) is 2.64. The van der Waals surface area contributed by atoms with Gasteiger partial charge in [0, 0.05) is 19.8 Å². The molecule has 1 aromatic heterocycles. The Morgan fingerprint density at radius 3 is 2.89 bits per heavy atom. The molecule has 1 heterocycles. The molecule has 0 aliphatic carbocycles. The molecule has 18 heavy (non-hydrogen) atoms. The fraction of sp³-hybridized carbons (Fsp3) is 0.667. The molecular formula is C12H23ClN4O. The summed E-state index contributed by atoms with van der Waals surface area (Å²) in [5.41, 5.74) is 6.89. The van der Waals surface area contributed by atoms with Gasteiger partial charge in [-0.1, -0.05) is 13.3 Å². The normalized spacial score (nSPS) is 11.7. The van der Waals surface area contributed by atoms with Crippen LogP contribution >= 0.6 is 12.4 Å². The van der Waals surface area contributed by atoms with Gasteiger partial charge in [0.05, 0.1) is 12.2 Å². The molecule has 0 aliphatic heterocycles. The molecule has 0 aromatic carbocycles. The number of nitrogens with one attached hydrogen (secondary N) is 1. The maximum atomic E-state index is 11.5. The Morgan fingerprint density at radius 1 is 1.61 bits per heavy atom. The van der Waals surface area contributed by atoms with Gasteiger partial charge in [-0.05, 0) is 24.8 Å². The van der Waals surface area contributed by atoms with E-state index < -0.39 is 0 Å². The van der Waals surface area contributed by atoms with E-state index in [1.54, 1.807) is 4.68 Å². The molecule has 0 fully saturated rings. The molecule has 1 atom stereocenters. The summed E-state index contributed by atoms with van der Waals surface area (Å²) in [6, 6.07) is -0.363. The Labute approximate surface area is 115 Å². The molecule has 1 unspecified atom stereocenters. The highest BCUT2D eigenvalue weighted by molar-refractivity contribution is 5.85. The molecule has 1 rings (SSSR count). The zero-order valence-electron chi connectivity index (χ0n) is 11.1. The van der Waals surface area contributed by atoms with Crippen molar-refractivity contribution in [1.82, 2.24) is 15.1 Å². The first-order valence-corrected chi connectivity index (χ1v) is 6.14. The molecule has 0 spiro atoms. The number of hydrogen-bond acceptors (Lipinski definition) is 3. The number of nitrogens with zero attached hydrogens (tertiary/aromatic N) is 2. The minimum Gasteiger partial charge on any atom is -0.355 e. The molecule has 1 aromatic rings. The lowest BCUT2D eigenvalue weighted by Crippen LogP contribution is -2.40. The van der Waals surface area contributed by atoms with Crippen LogP contribution in [0.25, 0.3) is 0 Å². The lowest BCUT2D eigenvalue weighted by atomic mass is 10.1. The second-order valence-electron chi connectivity index (χ2n) is 4.31.